The van der Waals surface area contributed by atoms with Crippen LogP contribution in [0.25, 0.3) is 5.69 Å². The van der Waals surface area contributed by atoms with Gasteiger partial charge in [-0.25, -0.2) is 9.67 Å². The highest BCUT2D eigenvalue weighted by Crippen LogP contribution is 2.31. The summed E-state index contributed by atoms with van der Waals surface area (Å²) in [6.45, 7) is 8.24. The smallest absolute Gasteiger partial charge is 0.273 e. The number of benzene rings is 1. The lowest BCUT2D eigenvalue weighted by atomic mass is 10.1. The summed E-state index contributed by atoms with van der Waals surface area (Å²) in [4.78, 5) is 41.6. The Morgan fingerprint density at radius 1 is 1.09 bits per heavy atom. The molecule has 0 bridgehead atoms. The molecule has 2 amide bonds. The molecular weight excluding hydrogens is 572 g/mol. The molecule has 2 aliphatic heterocycles. The van der Waals surface area contributed by atoms with Crippen LogP contribution in [0.15, 0.2) is 35.7 Å². The number of hydrogen-bond acceptors (Lipinski definition) is 12. The summed E-state index contributed by atoms with van der Waals surface area (Å²) in [7, 11) is 3.57. The van der Waals surface area contributed by atoms with E-state index in [4.69, 9.17) is 9.47 Å². The Hall–Kier alpha value is -3.79. The van der Waals surface area contributed by atoms with Crippen molar-refractivity contribution in [2.24, 2.45) is 0 Å². The van der Waals surface area contributed by atoms with E-state index < -0.39 is 5.91 Å². The Balaban J connectivity index is 1.31. The van der Waals surface area contributed by atoms with E-state index in [2.05, 4.69) is 52.7 Å². The maximum atomic E-state index is 13.4. The zero-order valence-corrected chi connectivity index (χ0v) is 25.6. The highest BCUT2D eigenvalue weighted by molar-refractivity contribution is 7.98. The van der Waals surface area contributed by atoms with Crippen molar-refractivity contribution in [2.75, 3.05) is 96.2 Å². The van der Waals surface area contributed by atoms with Gasteiger partial charge < -0.3 is 29.9 Å². The number of rotatable bonds is 11. The lowest BCUT2D eigenvalue weighted by Gasteiger charge is -2.35. The van der Waals surface area contributed by atoms with Crippen LogP contribution in [0.4, 0.5) is 11.4 Å². The Bertz CT molecular complexity index is 1410. The normalized spacial score (nSPS) is 16.2. The zero-order chi connectivity index (χ0) is 30.2. The molecule has 2 saturated heterocycles. The highest BCUT2D eigenvalue weighted by atomic mass is 32.2. The zero-order valence-electron chi connectivity index (χ0n) is 24.8. The number of ether oxygens (including phenoxy) is 2. The van der Waals surface area contributed by atoms with E-state index in [9.17, 15) is 9.59 Å². The molecule has 230 valence electrons. The van der Waals surface area contributed by atoms with E-state index in [1.54, 1.807) is 6.20 Å². The molecule has 14 nitrogen and oxygen atoms in total. The van der Waals surface area contributed by atoms with Crippen molar-refractivity contribution < 1.29 is 19.1 Å². The first-order valence-electron chi connectivity index (χ1n) is 14.3. The van der Waals surface area contributed by atoms with Crippen molar-refractivity contribution in [1.29, 1.82) is 0 Å². The maximum absolute atomic E-state index is 13.4. The van der Waals surface area contributed by atoms with Crippen LogP contribution in [-0.4, -0.2) is 133 Å². The largest absolute Gasteiger partial charge is 0.480 e. The van der Waals surface area contributed by atoms with Crippen molar-refractivity contribution >= 4 is 35.0 Å². The van der Waals surface area contributed by atoms with Crippen LogP contribution in [0.5, 0.6) is 5.88 Å². The van der Waals surface area contributed by atoms with Crippen LogP contribution in [-0.2, 0) is 4.74 Å². The van der Waals surface area contributed by atoms with E-state index in [1.807, 2.05) is 24.5 Å². The first-order valence-corrected chi connectivity index (χ1v) is 15.5. The molecule has 0 aliphatic carbocycles. The molecule has 0 saturated carbocycles. The fourth-order valence-corrected chi connectivity index (χ4v) is 5.29. The molecule has 2 aliphatic rings. The second-order valence-electron chi connectivity index (χ2n) is 10.3. The van der Waals surface area contributed by atoms with Crippen LogP contribution in [0, 0.1) is 0 Å². The molecule has 2 N–H and O–H groups in total. The molecule has 0 spiro atoms. The van der Waals surface area contributed by atoms with Gasteiger partial charge in [0.15, 0.2) is 10.9 Å². The molecule has 0 radical (unpaired) electrons. The van der Waals surface area contributed by atoms with Crippen molar-refractivity contribution in [3.63, 3.8) is 0 Å². The number of thioether (sulfide) groups is 1. The minimum absolute atomic E-state index is 0.200. The number of piperazine rings is 1. The topological polar surface area (TPSA) is 143 Å². The Kier molecular flexibility index (Phi) is 10.4. The van der Waals surface area contributed by atoms with Gasteiger partial charge in [0.25, 0.3) is 11.8 Å². The average molecular weight is 611 g/mol. The number of carbonyl (C=O) groups is 2. The van der Waals surface area contributed by atoms with Gasteiger partial charge in [0.05, 0.1) is 43.6 Å². The Morgan fingerprint density at radius 3 is 2.63 bits per heavy atom. The van der Waals surface area contributed by atoms with E-state index >= 15 is 0 Å². The third kappa shape index (κ3) is 7.79. The van der Waals surface area contributed by atoms with Gasteiger partial charge in [-0.15, -0.1) is 5.10 Å². The number of carbonyl (C=O) groups excluding carboxylic acids is 2. The lowest BCUT2D eigenvalue weighted by molar-refractivity contribution is 0.0374. The monoisotopic (exact) mass is 610 g/mol. The summed E-state index contributed by atoms with van der Waals surface area (Å²) in [5, 5.41) is 14.8. The Morgan fingerprint density at radius 2 is 1.88 bits per heavy atom. The number of amides is 2. The number of morpholine rings is 1. The number of nitrogens with zero attached hydrogens (tertiary/aromatic N) is 8. The van der Waals surface area contributed by atoms with Gasteiger partial charge >= 0.3 is 0 Å². The van der Waals surface area contributed by atoms with E-state index in [0.717, 1.165) is 71.1 Å². The van der Waals surface area contributed by atoms with Crippen LogP contribution in [0.2, 0.25) is 0 Å². The molecule has 15 heteroatoms. The van der Waals surface area contributed by atoms with Crippen LogP contribution in [0.1, 0.15) is 27.3 Å². The third-order valence-corrected chi connectivity index (χ3v) is 8.02. The van der Waals surface area contributed by atoms with E-state index in [1.165, 1.54) is 29.8 Å². The molecule has 0 atom stereocenters. The molecular formula is C28H38N10O4S. The molecule has 1 aromatic carbocycles. The first kappa shape index (κ1) is 30.7. The molecule has 4 heterocycles. The number of likely N-dealkylation sites (N-methyl/N-ethyl adjacent to an activating group) is 1. The fourth-order valence-electron chi connectivity index (χ4n) is 4.95. The summed E-state index contributed by atoms with van der Waals surface area (Å²) in [6.07, 6.45) is 5.75. The molecule has 0 unspecified atom stereocenters. The minimum atomic E-state index is -0.396. The number of hydrogen-bond donors (Lipinski definition) is 2. The van der Waals surface area contributed by atoms with Crippen LogP contribution in [0.3, 0.4) is 0 Å². The quantitative estimate of drug-likeness (QED) is 0.183. The molecule has 2 fully saturated rings. The fraction of sp³-hybridized carbons (Fsp3) is 0.500. The summed E-state index contributed by atoms with van der Waals surface area (Å²) in [5.41, 5.74) is 2.56. The van der Waals surface area contributed by atoms with Gasteiger partial charge in [0.2, 0.25) is 5.88 Å². The molecule has 43 heavy (non-hydrogen) atoms. The van der Waals surface area contributed by atoms with Gasteiger partial charge in [0.1, 0.15) is 5.56 Å². The Labute approximate surface area is 255 Å². The van der Waals surface area contributed by atoms with Gasteiger partial charge in [-0.05, 0) is 44.5 Å². The second-order valence-corrected chi connectivity index (χ2v) is 11.1. The summed E-state index contributed by atoms with van der Waals surface area (Å²) in [6, 6.07) is 5.68. The van der Waals surface area contributed by atoms with Crippen LogP contribution >= 0.6 is 11.8 Å². The predicted molar refractivity (Wildman–Crippen MR) is 164 cm³/mol. The predicted octanol–water partition coefficient (Wildman–Crippen LogP) is 1.24. The summed E-state index contributed by atoms with van der Waals surface area (Å²) >= 11 is 1.36. The number of nitrogens with one attached hydrogen (secondary N) is 2. The van der Waals surface area contributed by atoms with Gasteiger partial charge in [-0.2, -0.15) is 4.98 Å². The van der Waals surface area contributed by atoms with Crippen molar-refractivity contribution in [3.8, 4) is 11.6 Å². The maximum Gasteiger partial charge on any atom is 0.273 e. The second kappa shape index (κ2) is 14.6. The summed E-state index contributed by atoms with van der Waals surface area (Å²) < 4.78 is 12.3. The molecule has 3 aromatic rings. The number of methoxy groups -OCH3 is 1. The SMILES string of the molecule is COc1nc(SC)ncc1C(=O)Nc1cc(-n2cc(C(=O)NCCCN3CCOCC3)nn2)ccc1N1CCN(C)CC1. The van der Waals surface area contributed by atoms with Crippen LogP contribution < -0.4 is 20.3 Å². The lowest BCUT2D eigenvalue weighted by Crippen LogP contribution is -2.44. The molecule has 2 aromatic heterocycles. The van der Waals surface area contributed by atoms with Crippen molar-refractivity contribution in [1.82, 2.24) is 40.1 Å². The van der Waals surface area contributed by atoms with Crippen molar-refractivity contribution in [2.45, 2.75) is 11.6 Å². The number of anilines is 2. The summed E-state index contributed by atoms with van der Waals surface area (Å²) in [5.74, 6) is -0.476. The van der Waals surface area contributed by atoms with Gasteiger partial charge in [-0.3, -0.25) is 14.5 Å². The first-order chi connectivity index (χ1) is 20.9. The van der Waals surface area contributed by atoms with Gasteiger partial charge in [-0.1, -0.05) is 17.0 Å². The highest BCUT2D eigenvalue weighted by Gasteiger charge is 2.22. The third-order valence-electron chi connectivity index (χ3n) is 7.46. The van der Waals surface area contributed by atoms with E-state index in [-0.39, 0.29) is 23.0 Å². The molecule has 5 rings (SSSR count). The van der Waals surface area contributed by atoms with Gasteiger partial charge in [0, 0.05) is 52.0 Å². The minimum Gasteiger partial charge on any atom is -0.480 e. The standard InChI is InChI=1S/C28H38N10O4S/c1-35-9-11-37(12-10-35)24-6-5-20(17-22(24)31-25(39)21-18-30-28(43-3)32-27(21)41-2)38-19-23(33-34-38)26(40)29-7-4-8-36-13-15-42-16-14-36/h5-6,17-19H,4,7-16H2,1-3H3,(H,29,40)(H,31,39). The average Bonchev–Trinajstić information content (AvgIpc) is 3.54. The number of aromatic nitrogens is 5. The van der Waals surface area contributed by atoms with E-state index in [0.29, 0.717) is 23.1 Å². The van der Waals surface area contributed by atoms with Crippen molar-refractivity contribution in [3.05, 3.63) is 41.9 Å².